The Balaban J connectivity index is 2.08. The van der Waals surface area contributed by atoms with Crippen LogP contribution < -0.4 is 18.9 Å². The zero-order chi connectivity index (χ0) is 21.2. The van der Waals surface area contributed by atoms with Crippen LogP contribution in [-0.2, 0) is 22.9 Å². The van der Waals surface area contributed by atoms with Crippen LogP contribution >= 0.6 is 0 Å². The lowest BCUT2D eigenvalue weighted by Crippen LogP contribution is -2.40. The van der Waals surface area contributed by atoms with E-state index in [2.05, 4.69) is 0 Å². The zero-order valence-corrected chi connectivity index (χ0v) is 18.2. The molecule has 1 aliphatic rings. The van der Waals surface area contributed by atoms with E-state index in [0.717, 1.165) is 16.7 Å². The van der Waals surface area contributed by atoms with E-state index in [1.807, 2.05) is 30.3 Å². The van der Waals surface area contributed by atoms with Crippen LogP contribution in [-0.4, -0.2) is 54.0 Å². The molecule has 29 heavy (non-hydrogen) atoms. The van der Waals surface area contributed by atoms with Gasteiger partial charge in [0.15, 0.2) is 23.0 Å². The molecule has 158 valence electrons. The average Bonchev–Trinajstić information content (AvgIpc) is 2.71. The highest BCUT2D eigenvalue weighted by Crippen LogP contribution is 2.41. The summed E-state index contributed by atoms with van der Waals surface area (Å²) in [5.41, 5.74) is 2.94. The van der Waals surface area contributed by atoms with Gasteiger partial charge in [0.05, 0.1) is 40.7 Å². The first-order chi connectivity index (χ1) is 13.8. The second-order valence-corrected chi connectivity index (χ2v) is 8.87. The van der Waals surface area contributed by atoms with Gasteiger partial charge in [-0.15, -0.1) is 0 Å². The van der Waals surface area contributed by atoms with Crippen molar-refractivity contribution in [1.82, 2.24) is 4.31 Å². The van der Waals surface area contributed by atoms with Gasteiger partial charge in [-0.05, 0) is 53.8 Å². The average molecular weight is 422 g/mol. The van der Waals surface area contributed by atoms with Crippen molar-refractivity contribution < 1.29 is 27.4 Å². The summed E-state index contributed by atoms with van der Waals surface area (Å²) in [6, 6.07) is 9.11. The van der Waals surface area contributed by atoms with Crippen molar-refractivity contribution in [2.45, 2.75) is 18.9 Å². The van der Waals surface area contributed by atoms with Crippen LogP contribution in [0.2, 0.25) is 0 Å². The van der Waals surface area contributed by atoms with E-state index in [-0.39, 0.29) is 6.04 Å². The molecule has 7 nitrogen and oxygen atoms in total. The van der Waals surface area contributed by atoms with Gasteiger partial charge >= 0.3 is 0 Å². The number of sulfonamides is 1. The minimum atomic E-state index is -3.40. The summed E-state index contributed by atoms with van der Waals surface area (Å²) in [5.74, 6) is 2.47. The fourth-order valence-electron chi connectivity index (χ4n) is 3.84. The number of benzene rings is 2. The summed E-state index contributed by atoms with van der Waals surface area (Å²) in [5, 5.41) is 0. The van der Waals surface area contributed by atoms with Crippen LogP contribution in [0.3, 0.4) is 0 Å². The van der Waals surface area contributed by atoms with E-state index in [4.69, 9.17) is 18.9 Å². The van der Waals surface area contributed by atoms with Gasteiger partial charge in [-0.2, -0.15) is 4.31 Å². The molecule has 2 aromatic rings. The molecule has 0 bridgehead atoms. The Bertz CT molecular complexity index is 989. The van der Waals surface area contributed by atoms with E-state index in [9.17, 15) is 8.42 Å². The topological polar surface area (TPSA) is 74.3 Å². The van der Waals surface area contributed by atoms with Gasteiger partial charge in [-0.25, -0.2) is 8.42 Å². The Labute approximate surface area is 172 Å². The van der Waals surface area contributed by atoms with Gasteiger partial charge in [-0.1, -0.05) is 6.07 Å². The summed E-state index contributed by atoms with van der Waals surface area (Å²) in [6.07, 6.45) is 2.36. The third-order valence-electron chi connectivity index (χ3n) is 5.26. The molecular weight excluding hydrogens is 394 g/mol. The monoisotopic (exact) mass is 421 g/mol. The third kappa shape index (κ3) is 4.28. The second kappa shape index (κ2) is 8.51. The molecule has 1 aliphatic heterocycles. The molecule has 0 aliphatic carbocycles. The van der Waals surface area contributed by atoms with Crippen LogP contribution in [0, 0.1) is 0 Å². The second-order valence-electron chi connectivity index (χ2n) is 6.94. The van der Waals surface area contributed by atoms with Crippen LogP contribution in [0.15, 0.2) is 30.3 Å². The molecule has 0 amide bonds. The summed E-state index contributed by atoms with van der Waals surface area (Å²) in [6.45, 7) is 0.416. The Morgan fingerprint density at radius 2 is 1.48 bits per heavy atom. The van der Waals surface area contributed by atoms with Crippen LogP contribution in [0.1, 0.15) is 22.7 Å². The largest absolute Gasteiger partial charge is 0.493 e. The maximum atomic E-state index is 12.5. The lowest BCUT2D eigenvalue weighted by molar-refractivity contribution is 0.302. The summed E-state index contributed by atoms with van der Waals surface area (Å²) >= 11 is 0. The van der Waals surface area contributed by atoms with Crippen molar-refractivity contribution in [2.24, 2.45) is 0 Å². The molecule has 0 N–H and O–H groups in total. The zero-order valence-electron chi connectivity index (χ0n) is 17.4. The third-order valence-corrected chi connectivity index (χ3v) is 6.55. The minimum absolute atomic E-state index is 0.355. The molecule has 0 fully saturated rings. The van der Waals surface area contributed by atoms with E-state index in [1.165, 1.54) is 6.26 Å². The lowest BCUT2D eigenvalue weighted by Gasteiger charge is -2.36. The summed E-state index contributed by atoms with van der Waals surface area (Å²) in [4.78, 5) is 0. The molecule has 0 spiro atoms. The molecule has 0 aromatic heterocycles. The quantitative estimate of drug-likeness (QED) is 0.684. The predicted molar refractivity (Wildman–Crippen MR) is 111 cm³/mol. The number of ether oxygens (including phenoxy) is 4. The SMILES string of the molecule is COc1ccc(CC2c3cc(OC)c(OC)cc3CCN2S(C)(=O)=O)cc1OC. The number of methoxy groups -OCH3 is 4. The van der Waals surface area contributed by atoms with E-state index < -0.39 is 10.0 Å². The highest BCUT2D eigenvalue weighted by Gasteiger charge is 2.34. The van der Waals surface area contributed by atoms with Crippen LogP contribution in [0.5, 0.6) is 23.0 Å². The molecular formula is C21H27NO6S. The molecule has 2 aromatic carbocycles. The van der Waals surface area contributed by atoms with E-state index in [1.54, 1.807) is 32.7 Å². The van der Waals surface area contributed by atoms with Crippen molar-refractivity contribution in [1.29, 1.82) is 0 Å². The van der Waals surface area contributed by atoms with Crippen LogP contribution in [0.4, 0.5) is 0 Å². The number of hydrogen-bond acceptors (Lipinski definition) is 6. The lowest BCUT2D eigenvalue weighted by atomic mass is 9.89. The van der Waals surface area contributed by atoms with Crippen LogP contribution in [0.25, 0.3) is 0 Å². The number of hydrogen-bond donors (Lipinski definition) is 0. The predicted octanol–water partition coefficient (Wildman–Crippen LogP) is 2.82. The molecule has 0 saturated heterocycles. The smallest absolute Gasteiger partial charge is 0.211 e. The first-order valence-electron chi connectivity index (χ1n) is 9.24. The number of rotatable bonds is 7. The number of nitrogens with zero attached hydrogens (tertiary/aromatic N) is 1. The normalized spacial score (nSPS) is 16.8. The molecule has 1 heterocycles. The first kappa shape index (κ1) is 21.3. The van der Waals surface area contributed by atoms with Gasteiger partial charge in [0, 0.05) is 6.54 Å². The van der Waals surface area contributed by atoms with Crippen molar-refractivity contribution in [3.05, 3.63) is 47.0 Å². The maximum Gasteiger partial charge on any atom is 0.211 e. The highest BCUT2D eigenvalue weighted by atomic mass is 32.2. The maximum absolute atomic E-state index is 12.5. The Morgan fingerprint density at radius 3 is 2.07 bits per heavy atom. The van der Waals surface area contributed by atoms with E-state index in [0.29, 0.717) is 42.4 Å². The Morgan fingerprint density at radius 1 is 0.897 bits per heavy atom. The van der Waals surface area contributed by atoms with Crippen molar-refractivity contribution in [3.63, 3.8) is 0 Å². The Hall–Kier alpha value is -2.45. The number of fused-ring (bicyclic) bond motifs is 1. The van der Waals surface area contributed by atoms with Crippen molar-refractivity contribution in [2.75, 3.05) is 41.2 Å². The first-order valence-corrected chi connectivity index (χ1v) is 11.1. The highest BCUT2D eigenvalue weighted by molar-refractivity contribution is 7.88. The fraction of sp³-hybridized carbons (Fsp3) is 0.429. The Kier molecular flexibility index (Phi) is 6.24. The molecule has 0 saturated carbocycles. The standard InChI is InChI=1S/C21H27NO6S/c1-25-18-7-6-14(11-19(18)26-2)10-17-16-13-21(28-4)20(27-3)12-15(16)8-9-22(17)29(5,23)24/h6-7,11-13,17H,8-10H2,1-5H3. The van der Waals surface area contributed by atoms with Gasteiger partial charge < -0.3 is 18.9 Å². The molecule has 3 rings (SSSR count). The molecule has 0 radical (unpaired) electrons. The molecule has 1 atom stereocenters. The van der Waals surface area contributed by atoms with Crippen molar-refractivity contribution >= 4 is 10.0 Å². The van der Waals surface area contributed by atoms with Crippen molar-refractivity contribution in [3.8, 4) is 23.0 Å². The minimum Gasteiger partial charge on any atom is -0.493 e. The van der Waals surface area contributed by atoms with Gasteiger partial charge in [0.2, 0.25) is 10.0 Å². The van der Waals surface area contributed by atoms with Gasteiger partial charge in [0.1, 0.15) is 0 Å². The molecule has 1 unspecified atom stereocenters. The molecule has 8 heteroatoms. The summed E-state index contributed by atoms with van der Waals surface area (Å²) in [7, 11) is 2.94. The van der Waals surface area contributed by atoms with Gasteiger partial charge in [-0.3, -0.25) is 0 Å². The fourth-order valence-corrected chi connectivity index (χ4v) is 4.92. The van der Waals surface area contributed by atoms with E-state index >= 15 is 0 Å². The van der Waals surface area contributed by atoms with Gasteiger partial charge in [0.25, 0.3) is 0 Å². The summed E-state index contributed by atoms with van der Waals surface area (Å²) < 4.78 is 48.2.